The minimum Gasteiger partial charge on any atom is -0.468 e. The van der Waals surface area contributed by atoms with Crippen LogP contribution in [0.3, 0.4) is 0 Å². The Hall–Kier alpha value is -3.54. The van der Waals surface area contributed by atoms with Crippen molar-refractivity contribution in [3.05, 3.63) is 23.8 Å². The molecule has 0 fully saturated rings. The third-order valence-electron chi connectivity index (χ3n) is 4.88. The molecule has 1 N–H and O–H groups in total. The van der Waals surface area contributed by atoms with E-state index in [1.165, 1.54) is 19.2 Å². The summed E-state index contributed by atoms with van der Waals surface area (Å²) in [4.78, 5) is 48.1. The molecule has 0 saturated heterocycles. The van der Waals surface area contributed by atoms with E-state index in [2.05, 4.69) is 5.32 Å². The lowest BCUT2D eigenvalue weighted by Crippen LogP contribution is -2.41. The first-order chi connectivity index (χ1) is 17.9. The van der Waals surface area contributed by atoms with Crippen molar-refractivity contribution in [3.8, 4) is 11.5 Å². The maximum atomic E-state index is 12.3. The molecule has 0 spiro atoms. The number of nitrogens with one attached hydrogen (secondary N) is 1. The number of hydrogen-bond acceptors (Lipinski definition) is 12. The standard InChI is InChI=1S/C26H39NO11/c1-8-18(6)15-34-24(29)33-12-11-27-20(23(28)32-7)13-19-9-10-21(37-25(30)35-16(2)3)22(14-19)38-26(31)36-17(4)5/h9-10,14,16-18,20,27H,8,11-13,15H2,1-7H3/t18?,20-/m0/s1. The largest absolute Gasteiger partial charge is 0.514 e. The molecule has 1 aromatic carbocycles. The van der Waals surface area contributed by atoms with Crippen LogP contribution in [0.1, 0.15) is 53.5 Å². The van der Waals surface area contributed by atoms with Crippen LogP contribution in [-0.2, 0) is 34.9 Å². The van der Waals surface area contributed by atoms with Gasteiger partial charge in [0.25, 0.3) is 0 Å². The van der Waals surface area contributed by atoms with E-state index in [0.717, 1.165) is 6.42 Å². The summed E-state index contributed by atoms with van der Waals surface area (Å²) in [5.74, 6) is -0.521. The van der Waals surface area contributed by atoms with E-state index in [-0.39, 0.29) is 43.6 Å². The number of carbonyl (C=O) groups is 4. The van der Waals surface area contributed by atoms with Crippen LogP contribution in [0.25, 0.3) is 0 Å². The lowest BCUT2D eigenvalue weighted by Gasteiger charge is -2.18. The zero-order valence-electron chi connectivity index (χ0n) is 23.1. The van der Waals surface area contributed by atoms with Crippen molar-refractivity contribution in [2.75, 3.05) is 26.9 Å². The molecule has 1 aromatic rings. The van der Waals surface area contributed by atoms with Gasteiger partial charge in [-0.2, -0.15) is 0 Å². The highest BCUT2D eigenvalue weighted by Crippen LogP contribution is 2.30. The van der Waals surface area contributed by atoms with Gasteiger partial charge in [0, 0.05) is 6.54 Å². The Morgan fingerprint density at radius 1 is 0.842 bits per heavy atom. The Morgan fingerprint density at radius 2 is 1.45 bits per heavy atom. The molecule has 1 unspecified atom stereocenters. The van der Waals surface area contributed by atoms with Gasteiger partial charge in [-0.15, -0.1) is 0 Å². The van der Waals surface area contributed by atoms with Crippen molar-refractivity contribution in [1.82, 2.24) is 5.32 Å². The molecule has 1 rings (SSSR count). The molecule has 0 aliphatic rings. The van der Waals surface area contributed by atoms with E-state index in [1.807, 2.05) is 13.8 Å². The summed E-state index contributed by atoms with van der Waals surface area (Å²) in [5, 5.41) is 2.96. The van der Waals surface area contributed by atoms with E-state index in [9.17, 15) is 19.2 Å². The first-order valence-electron chi connectivity index (χ1n) is 12.5. The predicted octanol–water partition coefficient (Wildman–Crippen LogP) is 4.41. The summed E-state index contributed by atoms with van der Waals surface area (Å²) >= 11 is 0. The summed E-state index contributed by atoms with van der Waals surface area (Å²) in [7, 11) is 1.24. The number of methoxy groups -OCH3 is 1. The van der Waals surface area contributed by atoms with E-state index in [1.54, 1.807) is 33.8 Å². The highest BCUT2D eigenvalue weighted by atomic mass is 16.8. The average Bonchev–Trinajstić information content (AvgIpc) is 2.84. The number of benzene rings is 1. The summed E-state index contributed by atoms with van der Waals surface area (Å²) < 4.78 is 35.3. The molecule has 0 aromatic heterocycles. The molecule has 214 valence electrons. The molecule has 0 aliphatic heterocycles. The fourth-order valence-electron chi connectivity index (χ4n) is 2.81. The number of ether oxygens (including phenoxy) is 7. The van der Waals surface area contributed by atoms with E-state index in [0.29, 0.717) is 5.56 Å². The number of carbonyl (C=O) groups excluding carboxylic acids is 4. The van der Waals surface area contributed by atoms with Crippen LogP contribution in [0.5, 0.6) is 11.5 Å². The predicted molar refractivity (Wildman–Crippen MR) is 135 cm³/mol. The third kappa shape index (κ3) is 13.1. The third-order valence-corrected chi connectivity index (χ3v) is 4.88. The minimum absolute atomic E-state index is 0.0347. The van der Waals surface area contributed by atoms with Crippen molar-refractivity contribution < 1.29 is 52.3 Å². The van der Waals surface area contributed by atoms with Gasteiger partial charge in [-0.1, -0.05) is 26.3 Å². The molecule has 0 amide bonds. The SMILES string of the molecule is CCC(C)COC(=O)OCCN[C@@H](Cc1ccc(OC(=O)OC(C)C)c(OC(=O)OC(C)C)c1)C(=O)OC. The monoisotopic (exact) mass is 541 g/mol. The van der Waals surface area contributed by atoms with Crippen LogP contribution in [-0.4, -0.2) is 69.6 Å². The van der Waals surface area contributed by atoms with Gasteiger partial charge in [0.1, 0.15) is 12.6 Å². The Morgan fingerprint density at radius 3 is 2.00 bits per heavy atom. The first-order valence-corrected chi connectivity index (χ1v) is 12.5. The summed E-state index contributed by atoms with van der Waals surface area (Å²) in [6.07, 6.45) is -2.65. The zero-order valence-corrected chi connectivity index (χ0v) is 23.1. The molecule has 38 heavy (non-hydrogen) atoms. The highest BCUT2D eigenvalue weighted by Gasteiger charge is 2.22. The van der Waals surface area contributed by atoms with Crippen molar-refractivity contribution in [3.63, 3.8) is 0 Å². The second kappa shape index (κ2) is 17.1. The summed E-state index contributed by atoms with van der Waals surface area (Å²) in [6.45, 7) is 10.9. The van der Waals surface area contributed by atoms with Gasteiger partial charge >= 0.3 is 24.4 Å². The van der Waals surface area contributed by atoms with Crippen molar-refractivity contribution >= 4 is 24.4 Å². The lowest BCUT2D eigenvalue weighted by atomic mass is 10.1. The van der Waals surface area contributed by atoms with Crippen molar-refractivity contribution in [2.24, 2.45) is 5.92 Å². The molecule has 2 atom stereocenters. The normalized spacial score (nSPS) is 12.3. The fraction of sp³-hybridized carbons (Fsp3) is 0.615. The van der Waals surface area contributed by atoms with Crippen LogP contribution >= 0.6 is 0 Å². The summed E-state index contributed by atoms with van der Waals surface area (Å²) in [5.41, 5.74) is 0.540. The van der Waals surface area contributed by atoms with Gasteiger partial charge in [0.05, 0.1) is 25.9 Å². The van der Waals surface area contributed by atoms with Gasteiger partial charge in [0.2, 0.25) is 0 Å². The fourth-order valence-corrected chi connectivity index (χ4v) is 2.81. The average molecular weight is 542 g/mol. The second-order valence-electron chi connectivity index (χ2n) is 8.98. The van der Waals surface area contributed by atoms with Gasteiger partial charge in [0.15, 0.2) is 11.5 Å². The molecule has 12 nitrogen and oxygen atoms in total. The number of rotatable bonds is 14. The zero-order chi connectivity index (χ0) is 28.7. The first kappa shape index (κ1) is 32.5. The summed E-state index contributed by atoms with van der Waals surface area (Å²) in [6, 6.07) is 3.59. The number of esters is 1. The van der Waals surface area contributed by atoms with E-state index in [4.69, 9.17) is 33.2 Å². The van der Waals surface area contributed by atoms with Crippen LogP contribution in [0.4, 0.5) is 14.4 Å². The Labute approximate surface area is 223 Å². The maximum Gasteiger partial charge on any atom is 0.514 e. The van der Waals surface area contributed by atoms with Crippen LogP contribution in [0.2, 0.25) is 0 Å². The Kier molecular flexibility index (Phi) is 14.6. The molecular weight excluding hydrogens is 502 g/mol. The minimum atomic E-state index is -1.00. The molecule has 0 saturated carbocycles. The highest BCUT2D eigenvalue weighted by molar-refractivity contribution is 5.76. The molecular formula is C26H39NO11. The Bertz CT molecular complexity index is 916. The van der Waals surface area contributed by atoms with Crippen LogP contribution < -0.4 is 14.8 Å². The second-order valence-corrected chi connectivity index (χ2v) is 8.98. The van der Waals surface area contributed by atoms with E-state index >= 15 is 0 Å². The lowest BCUT2D eigenvalue weighted by molar-refractivity contribution is -0.143. The molecule has 0 aliphatic carbocycles. The van der Waals surface area contributed by atoms with Gasteiger partial charge in [-0.3, -0.25) is 4.79 Å². The van der Waals surface area contributed by atoms with E-state index < -0.39 is 42.7 Å². The van der Waals surface area contributed by atoms with Crippen molar-refractivity contribution in [1.29, 1.82) is 0 Å². The van der Waals surface area contributed by atoms with Gasteiger partial charge < -0.3 is 38.5 Å². The van der Waals surface area contributed by atoms with Crippen LogP contribution in [0, 0.1) is 5.92 Å². The molecule has 0 heterocycles. The Balaban J connectivity index is 2.91. The van der Waals surface area contributed by atoms with Crippen molar-refractivity contribution in [2.45, 2.75) is 72.6 Å². The van der Waals surface area contributed by atoms with Crippen LogP contribution in [0.15, 0.2) is 18.2 Å². The molecule has 0 bridgehead atoms. The smallest absolute Gasteiger partial charge is 0.468 e. The topological polar surface area (TPSA) is 145 Å². The maximum absolute atomic E-state index is 12.3. The number of hydrogen-bond donors (Lipinski definition) is 1. The van der Waals surface area contributed by atoms with Gasteiger partial charge in [-0.05, 0) is 57.7 Å². The molecule has 12 heteroatoms. The molecule has 0 radical (unpaired) electrons. The van der Waals surface area contributed by atoms with Gasteiger partial charge in [-0.25, -0.2) is 14.4 Å². The quantitative estimate of drug-likeness (QED) is 0.154.